The number of fused-ring (bicyclic) bond motifs is 1. The van der Waals surface area contributed by atoms with Gasteiger partial charge in [0.1, 0.15) is 0 Å². The second-order valence-corrected chi connectivity index (χ2v) is 8.30. The molecule has 0 radical (unpaired) electrons. The third-order valence-corrected chi connectivity index (χ3v) is 6.30. The molecule has 1 aromatic carbocycles. The van der Waals surface area contributed by atoms with Gasteiger partial charge in [-0.3, -0.25) is 4.31 Å². The Morgan fingerprint density at radius 3 is 2.52 bits per heavy atom. The fraction of sp³-hybridized carbons (Fsp3) is 0.600. The van der Waals surface area contributed by atoms with Crippen LogP contribution >= 0.6 is 0 Å². The summed E-state index contributed by atoms with van der Waals surface area (Å²) < 4.78 is 29.1. The van der Waals surface area contributed by atoms with Crippen molar-refractivity contribution in [3.05, 3.63) is 23.8 Å². The van der Waals surface area contributed by atoms with Crippen molar-refractivity contribution < 1.29 is 8.42 Å². The predicted octanol–water partition coefficient (Wildman–Crippen LogP) is 1.85. The molecule has 0 spiro atoms. The van der Waals surface area contributed by atoms with Crippen molar-refractivity contribution in [2.24, 2.45) is 11.8 Å². The molecule has 2 aliphatic heterocycles. The Hall–Kier alpha value is -1.27. The van der Waals surface area contributed by atoms with Crippen molar-refractivity contribution in [3.63, 3.8) is 0 Å². The zero-order valence-corrected chi connectivity index (χ0v) is 13.4. The molecule has 0 amide bonds. The van der Waals surface area contributed by atoms with Crippen LogP contribution in [0.1, 0.15) is 25.8 Å². The highest BCUT2D eigenvalue weighted by Crippen LogP contribution is 2.37. The average Bonchev–Trinajstić information content (AvgIpc) is 2.83. The molecule has 6 heteroatoms. The van der Waals surface area contributed by atoms with E-state index in [-0.39, 0.29) is 0 Å². The first-order valence-corrected chi connectivity index (χ1v) is 8.94. The summed E-state index contributed by atoms with van der Waals surface area (Å²) in [7, 11) is -3.48. The van der Waals surface area contributed by atoms with E-state index in [9.17, 15) is 8.42 Å². The maximum absolute atomic E-state index is 13.0. The highest BCUT2D eigenvalue weighted by atomic mass is 32.2. The van der Waals surface area contributed by atoms with Gasteiger partial charge in [-0.2, -0.15) is 12.7 Å². The van der Waals surface area contributed by atoms with Crippen molar-refractivity contribution in [1.82, 2.24) is 4.31 Å². The lowest BCUT2D eigenvalue weighted by Gasteiger charge is -2.37. The molecule has 2 unspecified atom stereocenters. The van der Waals surface area contributed by atoms with E-state index in [0.717, 1.165) is 18.4 Å². The molecular weight excluding hydrogens is 286 g/mol. The van der Waals surface area contributed by atoms with Gasteiger partial charge in [0.15, 0.2) is 0 Å². The maximum atomic E-state index is 13.0. The van der Waals surface area contributed by atoms with Crippen LogP contribution in [0.4, 0.5) is 11.4 Å². The average molecular weight is 309 g/mol. The molecule has 2 heterocycles. The van der Waals surface area contributed by atoms with E-state index >= 15 is 0 Å². The van der Waals surface area contributed by atoms with Gasteiger partial charge in [0.2, 0.25) is 0 Å². The number of nitrogens with zero attached hydrogens (tertiary/aromatic N) is 2. The summed E-state index contributed by atoms with van der Waals surface area (Å²) in [6.45, 7) is 5.93. The van der Waals surface area contributed by atoms with E-state index in [1.54, 1.807) is 10.4 Å². The van der Waals surface area contributed by atoms with Crippen LogP contribution in [0.15, 0.2) is 18.2 Å². The van der Waals surface area contributed by atoms with Gasteiger partial charge in [-0.05, 0) is 36.3 Å². The lowest BCUT2D eigenvalue weighted by atomic mass is 9.94. The first-order valence-electron chi connectivity index (χ1n) is 7.54. The Bertz CT molecular complexity index is 634. The van der Waals surface area contributed by atoms with Gasteiger partial charge in [0, 0.05) is 19.6 Å². The third kappa shape index (κ3) is 2.51. The topological polar surface area (TPSA) is 66.6 Å². The quantitative estimate of drug-likeness (QED) is 0.848. The summed E-state index contributed by atoms with van der Waals surface area (Å²) in [6, 6.07) is 5.62. The molecule has 2 N–H and O–H groups in total. The van der Waals surface area contributed by atoms with Crippen molar-refractivity contribution in [3.8, 4) is 0 Å². The minimum Gasteiger partial charge on any atom is -0.397 e. The molecule has 2 aliphatic rings. The Morgan fingerprint density at radius 2 is 1.86 bits per heavy atom. The minimum atomic E-state index is -3.48. The molecule has 2 atom stereocenters. The predicted molar refractivity (Wildman–Crippen MR) is 85.3 cm³/mol. The van der Waals surface area contributed by atoms with Gasteiger partial charge < -0.3 is 5.73 Å². The van der Waals surface area contributed by atoms with E-state index in [1.165, 1.54) is 4.31 Å². The van der Waals surface area contributed by atoms with Gasteiger partial charge in [-0.25, -0.2) is 0 Å². The number of anilines is 2. The van der Waals surface area contributed by atoms with Crippen molar-refractivity contribution in [2.45, 2.75) is 26.7 Å². The number of hydrogen-bond acceptors (Lipinski definition) is 3. The standard InChI is InChI=1S/C15H23N3O2S/c1-11-8-12(2)10-17(9-11)21(19,20)18-7-6-13-4-3-5-14(16)15(13)18/h3-5,11-12H,6-10,16H2,1-2H3. The van der Waals surface area contributed by atoms with Crippen LogP contribution in [-0.2, 0) is 16.6 Å². The molecule has 1 fully saturated rings. The van der Waals surface area contributed by atoms with E-state index in [0.29, 0.717) is 42.8 Å². The Labute approximate surface area is 126 Å². The summed E-state index contributed by atoms with van der Waals surface area (Å²) >= 11 is 0. The first kappa shape index (κ1) is 14.7. The Kier molecular flexibility index (Phi) is 3.61. The minimum absolute atomic E-state index is 0.402. The van der Waals surface area contributed by atoms with Gasteiger partial charge in [-0.1, -0.05) is 26.0 Å². The van der Waals surface area contributed by atoms with Crippen LogP contribution in [0.3, 0.4) is 0 Å². The van der Waals surface area contributed by atoms with Crippen molar-refractivity contribution in [1.29, 1.82) is 0 Å². The number of hydrogen-bond donors (Lipinski definition) is 1. The second-order valence-electron chi connectivity index (χ2n) is 6.45. The molecule has 0 aromatic heterocycles. The summed E-state index contributed by atoms with van der Waals surface area (Å²) in [4.78, 5) is 0. The van der Waals surface area contributed by atoms with Gasteiger partial charge >= 0.3 is 10.2 Å². The molecule has 0 bridgehead atoms. The van der Waals surface area contributed by atoms with E-state index in [2.05, 4.69) is 13.8 Å². The molecule has 1 aromatic rings. The number of nitrogens with two attached hydrogens (primary N) is 1. The Balaban J connectivity index is 1.94. The summed E-state index contributed by atoms with van der Waals surface area (Å²) in [5.41, 5.74) is 8.27. The van der Waals surface area contributed by atoms with Crippen LogP contribution in [-0.4, -0.2) is 32.4 Å². The SMILES string of the molecule is CC1CC(C)CN(S(=O)(=O)N2CCc3cccc(N)c32)C1. The van der Waals surface area contributed by atoms with Crippen LogP contribution in [0.2, 0.25) is 0 Å². The molecule has 3 rings (SSSR count). The second kappa shape index (κ2) is 5.18. The summed E-state index contributed by atoms with van der Waals surface area (Å²) in [5.74, 6) is 0.803. The first-order chi connectivity index (χ1) is 9.89. The molecule has 0 aliphatic carbocycles. The van der Waals surface area contributed by atoms with Gasteiger partial charge in [0.25, 0.3) is 0 Å². The van der Waals surface area contributed by atoms with Gasteiger partial charge in [-0.15, -0.1) is 0 Å². The lowest BCUT2D eigenvalue weighted by Crippen LogP contribution is -2.49. The zero-order valence-electron chi connectivity index (χ0n) is 12.6. The lowest BCUT2D eigenvalue weighted by molar-refractivity contribution is 0.222. The fourth-order valence-corrected chi connectivity index (χ4v) is 5.56. The Morgan fingerprint density at radius 1 is 1.19 bits per heavy atom. The highest BCUT2D eigenvalue weighted by Gasteiger charge is 2.38. The third-order valence-electron chi connectivity index (χ3n) is 4.42. The van der Waals surface area contributed by atoms with E-state index in [4.69, 9.17) is 5.73 Å². The highest BCUT2D eigenvalue weighted by molar-refractivity contribution is 7.90. The zero-order chi connectivity index (χ0) is 15.2. The van der Waals surface area contributed by atoms with Gasteiger partial charge in [0.05, 0.1) is 11.4 Å². The fourth-order valence-electron chi connectivity index (χ4n) is 3.62. The maximum Gasteiger partial charge on any atom is 0.304 e. The summed E-state index contributed by atoms with van der Waals surface area (Å²) in [5, 5.41) is 0. The van der Waals surface area contributed by atoms with Crippen LogP contribution in [0.5, 0.6) is 0 Å². The number of nitrogen functional groups attached to an aromatic ring is 1. The normalized spacial score (nSPS) is 26.9. The molecule has 5 nitrogen and oxygen atoms in total. The number of rotatable bonds is 2. The smallest absolute Gasteiger partial charge is 0.304 e. The summed E-state index contributed by atoms with van der Waals surface area (Å²) in [6.07, 6.45) is 1.82. The van der Waals surface area contributed by atoms with E-state index < -0.39 is 10.2 Å². The number of benzene rings is 1. The molecule has 0 saturated carbocycles. The largest absolute Gasteiger partial charge is 0.397 e. The number of para-hydroxylation sites is 1. The molecule has 21 heavy (non-hydrogen) atoms. The van der Waals surface area contributed by atoms with Crippen LogP contribution in [0.25, 0.3) is 0 Å². The number of piperidine rings is 1. The van der Waals surface area contributed by atoms with Crippen LogP contribution < -0.4 is 10.0 Å². The van der Waals surface area contributed by atoms with E-state index in [1.807, 2.05) is 12.1 Å². The molecular formula is C15H23N3O2S. The van der Waals surface area contributed by atoms with Crippen LogP contribution in [0, 0.1) is 11.8 Å². The molecule has 116 valence electrons. The molecule has 1 saturated heterocycles. The van der Waals surface area contributed by atoms with Crippen molar-refractivity contribution in [2.75, 3.05) is 29.7 Å². The van der Waals surface area contributed by atoms with Crippen molar-refractivity contribution >= 4 is 21.6 Å². The monoisotopic (exact) mass is 309 g/mol.